The van der Waals surface area contributed by atoms with Crippen LogP contribution in [0.2, 0.25) is 0 Å². The average molecular weight is 481 g/mol. The second-order valence-corrected chi connectivity index (χ2v) is 10.4. The van der Waals surface area contributed by atoms with Crippen molar-refractivity contribution in [2.24, 2.45) is 5.92 Å². The quantitative estimate of drug-likeness (QED) is 0.264. The van der Waals surface area contributed by atoms with Crippen LogP contribution in [0.15, 0.2) is 47.4 Å². The van der Waals surface area contributed by atoms with Crippen LogP contribution in [0.4, 0.5) is 11.6 Å². The maximum atomic E-state index is 12.6. The van der Waals surface area contributed by atoms with Gasteiger partial charge in [-0.1, -0.05) is 0 Å². The first-order chi connectivity index (χ1) is 15.1. The number of rotatable bonds is 9. The number of carbonyl (C=O) groups excluding carboxylic acids is 1. The van der Waals surface area contributed by atoms with Crippen LogP contribution in [0, 0.1) is 5.92 Å². The van der Waals surface area contributed by atoms with Crippen molar-refractivity contribution in [3.8, 4) is 5.75 Å². The summed E-state index contributed by atoms with van der Waals surface area (Å²) >= 11 is 0. The Kier molecular flexibility index (Phi) is 5.79. The van der Waals surface area contributed by atoms with Crippen molar-refractivity contribution in [2.75, 3.05) is 22.9 Å². The van der Waals surface area contributed by atoms with E-state index in [4.69, 9.17) is 8.74 Å². The molecule has 4 rings (SSSR count). The van der Waals surface area contributed by atoms with E-state index in [9.17, 15) is 21.6 Å². The number of H-pyrrole nitrogens is 1. The van der Waals surface area contributed by atoms with Crippen molar-refractivity contribution in [1.29, 1.82) is 0 Å². The van der Waals surface area contributed by atoms with Crippen molar-refractivity contribution in [2.45, 2.75) is 17.7 Å². The molecule has 32 heavy (non-hydrogen) atoms. The number of hydrogen-bond acceptors (Lipinski definition) is 8. The lowest BCUT2D eigenvalue weighted by molar-refractivity contribution is -0.117. The number of imidazole rings is 1. The third-order valence-corrected chi connectivity index (χ3v) is 6.66. The van der Waals surface area contributed by atoms with Gasteiger partial charge in [-0.2, -0.15) is 16.8 Å². The molecule has 13 heteroatoms. The average Bonchev–Trinajstić information content (AvgIpc) is 3.48. The van der Waals surface area contributed by atoms with Crippen LogP contribution in [0.1, 0.15) is 12.8 Å². The molecule has 0 unspecified atom stereocenters. The Morgan fingerprint density at radius 2 is 1.84 bits per heavy atom. The van der Waals surface area contributed by atoms with E-state index in [2.05, 4.69) is 20.6 Å². The van der Waals surface area contributed by atoms with E-state index in [-0.39, 0.29) is 35.0 Å². The number of carbonyl (C=O) groups is 1. The zero-order valence-corrected chi connectivity index (χ0v) is 18.2. The number of fused-ring (bicyclic) bond motifs is 1. The van der Waals surface area contributed by atoms with Gasteiger partial charge in [0.2, 0.25) is 11.9 Å². The zero-order chi connectivity index (χ0) is 22.9. The molecular formula is C19H20N4O7S2. The fourth-order valence-corrected chi connectivity index (χ4v) is 4.19. The molecule has 0 spiro atoms. The van der Waals surface area contributed by atoms with Gasteiger partial charge in [-0.25, -0.2) is 4.98 Å². The van der Waals surface area contributed by atoms with Crippen molar-refractivity contribution >= 4 is 48.8 Å². The van der Waals surface area contributed by atoms with Gasteiger partial charge in [0.25, 0.3) is 10.1 Å². The van der Waals surface area contributed by atoms with Crippen molar-refractivity contribution in [3.05, 3.63) is 42.5 Å². The van der Waals surface area contributed by atoms with Crippen molar-refractivity contribution < 1.29 is 30.4 Å². The second-order valence-electron chi connectivity index (χ2n) is 7.30. The largest absolute Gasteiger partial charge is 0.384 e. The minimum absolute atomic E-state index is 0.0246. The first-order valence-electron chi connectivity index (χ1n) is 9.63. The van der Waals surface area contributed by atoms with Crippen LogP contribution in [0.25, 0.3) is 11.0 Å². The van der Waals surface area contributed by atoms with Crippen LogP contribution in [-0.4, -0.2) is 49.6 Å². The molecule has 1 aliphatic rings. The minimum atomic E-state index is -4.13. The summed E-state index contributed by atoms with van der Waals surface area (Å²) in [4.78, 5) is 19.0. The molecule has 1 heterocycles. The van der Waals surface area contributed by atoms with Gasteiger partial charge in [0.05, 0.1) is 16.8 Å². The predicted molar refractivity (Wildman–Crippen MR) is 117 cm³/mol. The summed E-state index contributed by atoms with van der Waals surface area (Å²) in [5.74, 6) is -0.195. The highest BCUT2D eigenvalue weighted by molar-refractivity contribution is 7.87. The number of nitrogens with one attached hydrogen (secondary N) is 3. The van der Waals surface area contributed by atoms with E-state index in [1.807, 2.05) is 0 Å². The van der Waals surface area contributed by atoms with E-state index in [1.165, 1.54) is 36.4 Å². The van der Waals surface area contributed by atoms with Gasteiger partial charge in [0.1, 0.15) is 10.6 Å². The molecule has 0 saturated heterocycles. The van der Waals surface area contributed by atoms with Gasteiger partial charge in [0.15, 0.2) is 0 Å². The van der Waals surface area contributed by atoms with Gasteiger partial charge in [-0.15, -0.1) is 0 Å². The summed E-state index contributed by atoms with van der Waals surface area (Å²) in [6, 6.07) is 10.0. The fraction of sp³-hybridized carbons (Fsp3) is 0.263. The summed E-state index contributed by atoms with van der Waals surface area (Å²) in [5, 5.41) is 5.46. The Hall–Kier alpha value is -3.16. The lowest BCUT2D eigenvalue weighted by atomic mass is 10.3. The van der Waals surface area contributed by atoms with Crippen molar-refractivity contribution in [3.63, 3.8) is 0 Å². The predicted octanol–water partition coefficient (Wildman–Crippen LogP) is 1.98. The SMILES string of the molecule is O=C(Nc1nc2ccc(OS(=O)(=O)c3ccc(NCCS(=O)(=O)O)cc3)cc2[nH]1)C1CC1. The molecular weight excluding hydrogens is 460 g/mol. The molecule has 0 bridgehead atoms. The smallest absolute Gasteiger partial charge is 0.339 e. The molecule has 1 amide bonds. The number of aromatic amines is 1. The van der Waals surface area contributed by atoms with Gasteiger partial charge in [-0.05, 0) is 49.2 Å². The molecule has 0 aliphatic heterocycles. The van der Waals surface area contributed by atoms with E-state index in [1.54, 1.807) is 6.07 Å². The molecule has 3 aromatic rings. The highest BCUT2D eigenvalue weighted by Gasteiger charge is 2.30. The number of aromatic nitrogens is 2. The normalized spacial score (nSPS) is 14.3. The molecule has 1 aliphatic carbocycles. The third-order valence-electron chi connectivity index (χ3n) is 4.68. The maximum Gasteiger partial charge on any atom is 0.339 e. The summed E-state index contributed by atoms with van der Waals surface area (Å²) < 4.78 is 60.6. The van der Waals surface area contributed by atoms with Crippen LogP contribution >= 0.6 is 0 Å². The summed E-state index contributed by atoms with van der Waals surface area (Å²) in [5.41, 5.74) is 1.52. The van der Waals surface area contributed by atoms with E-state index >= 15 is 0 Å². The zero-order valence-electron chi connectivity index (χ0n) is 16.6. The summed E-state index contributed by atoms with van der Waals surface area (Å²) in [7, 11) is -8.21. The topological polar surface area (TPSA) is 168 Å². The maximum absolute atomic E-state index is 12.6. The molecule has 170 valence electrons. The highest BCUT2D eigenvalue weighted by atomic mass is 32.2. The monoisotopic (exact) mass is 480 g/mol. The lowest BCUT2D eigenvalue weighted by Gasteiger charge is -2.09. The van der Waals surface area contributed by atoms with Crippen LogP contribution in [-0.2, 0) is 25.0 Å². The highest BCUT2D eigenvalue weighted by Crippen LogP contribution is 2.30. The third kappa shape index (κ3) is 5.55. The first-order valence-corrected chi connectivity index (χ1v) is 12.6. The molecule has 4 N–H and O–H groups in total. The molecule has 1 fully saturated rings. The molecule has 2 aromatic carbocycles. The molecule has 0 atom stereocenters. The second kappa shape index (κ2) is 8.41. The molecule has 1 aromatic heterocycles. The Labute approximate surface area is 184 Å². The van der Waals surface area contributed by atoms with Crippen molar-refractivity contribution in [1.82, 2.24) is 9.97 Å². The number of nitrogens with zero attached hydrogens (tertiary/aromatic N) is 1. The van der Waals surface area contributed by atoms with Gasteiger partial charge in [0, 0.05) is 24.2 Å². The number of anilines is 2. The minimum Gasteiger partial charge on any atom is -0.384 e. The molecule has 11 nitrogen and oxygen atoms in total. The van der Waals surface area contributed by atoms with Gasteiger partial charge in [-0.3, -0.25) is 14.7 Å². The summed E-state index contributed by atoms with van der Waals surface area (Å²) in [6.07, 6.45) is 1.73. The van der Waals surface area contributed by atoms with Gasteiger partial charge >= 0.3 is 10.1 Å². The number of amides is 1. The molecule has 1 saturated carbocycles. The Balaban J connectivity index is 1.43. The Morgan fingerprint density at radius 3 is 2.50 bits per heavy atom. The van der Waals surface area contributed by atoms with Crippen LogP contribution in [0.3, 0.4) is 0 Å². The van der Waals surface area contributed by atoms with Crippen LogP contribution in [0.5, 0.6) is 5.75 Å². The first kappa shape index (κ1) is 22.0. The van der Waals surface area contributed by atoms with Crippen LogP contribution < -0.4 is 14.8 Å². The van der Waals surface area contributed by atoms with Gasteiger partial charge < -0.3 is 14.5 Å². The van der Waals surface area contributed by atoms with E-state index in [0.29, 0.717) is 16.7 Å². The van der Waals surface area contributed by atoms with E-state index < -0.39 is 26.0 Å². The number of benzene rings is 2. The standard InChI is InChI=1S/C19H20N4O7S2/c24-18(12-1-2-12)23-19-21-16-8-5-14(11-17(16)22-19)30-32(28,29)15-6-3-13(4-7-15)20-9-10-31(25,26)27/h3-8,11-12,20H,1-2,9-10H2,(H,25,26,27)(H2,21,22,23,24). The molecule has 0 radical (unpaired) electrons. The summed E-state index contributed by atoms with van der Waals surface area (Å²) in [6.45, 7) is -0.0330. The Bertz CT molecular complexity index is 1360. The number of hydrogen-bond donors (Lipinski definition) is 4. The fourth-order valence-electron chi connectivity index (χ4n) is 2.90. The Morgan fingerprint density at radius 1 is 1.12 bits per heavy atom. The van der Waals surface area contributed by atoms with E-state index in [0.717, 1.165) is 12.8 Å². The lowest BCUT2D eigenvalue weighted by Crippen LogP contribution is -2.14.